The fourth-order valence-electron chi connectivity index (χ4n) is 4.64. The zero-order valence-corrected chi connectivity index (χ0v) is 20.8. The van der Waals surface area contributed by atoms with Crippen molar-refractivity contribution in [3.63, 3.8) is 0 Å². The molecule has 0 saturated carbocycles. The van der Waals surface area contributed by atoms with Crippen molar-refractivity contribution in [2.45, 2.75) is 39.5 Å². The second-order valence-electron chi connectivity index (χ2n) is 9.76. The third-order valence-corrected chi connectivity index (χ3v) is 6.37. The summed E-state index contributed by atoms with van der Waals surface area (Å²) in [6, 6.07) is 14.7. The number of hydrogen-bond donors (Lipinski definition) is 2. The quantitative estimate of drug-likeness (QED) is 0.616. The fourth-order valence-corrected chi connectivity index (χ4v) is 4.64. The average molecular weight is 488 g/mol. The van der Waals surface area contributed by atoms with E-state index in [4.69, 9.17) is 19.9 Å². The summed E-state index contributed by atoms with van der Waals surface area (Å²) in [5, 5.41) is 12.7. The number of anilines is 1. The van der Waals surface area contributed by atoms with Crippen LogP contribution in [-0.4, -0.2) is 25.4 Å². The maximum Gasteiger partial charge on any atom is 0.262 e. The Hall–Kier alpha value is -4.25. The van der Waals surface area contributed by atoms with Crippen LogP contribution in [0.15, 0.2) is 65.3 Å². The van der Waals surface area contributed by atoms with Crippen LogP contribution in [0.2, 0.25) is 0 Å². The van der Waals surface area contributed by atoms with Crippen LogP contribution in [-0.2, 0) is 14.3 Å². The minimum absolute atomic E-state index is 0.00100. The van der Waals surface area contributed by atoms with E-state index in [-0.39, 0.29) is 35.2 Å². The maximum absolute atomic E-state index is 13.2. The first-order valence-corrected chi connectivity index (χ1v) is 11.6. The Labute approximate surface area is 210 Å². The van der Waals surface area contributed by atoms with Gasteiger partial charge in [0.15, 0.2) is 23.9 Å². The molecule has 36 heavy (non-hydrogen) atoms. The molecule has 4 rings (SSSR count). The number of carbonyl (C=O) groups excluding carboxylic acids is 2. The molecule has 0 unspecified atom stereocenters. The Morgan fingerprint density at radius 1 is 1.22 bits per heavy atom. The number of nitrogens with zero attached hydrogens (tertiary/aromatic N) is 1. The van der Waals surface area contributed by atoms with Crippen molar-refractivity contribution in [3.05, 3.63) is 76.4 Å². The summed E-state index contributed by atoms with van der Waals surface area (Å²) >= 11 is 0. The summed E-state index contributed by atoms with van der Waals surface area (Å²) in [5.74, 6) is 0.169. The van der Waals surface area contributed by atoms with Crippen LogP contribution in [0.3, 0.4) is 0 Å². The molecule has 0 bridgehead atoms. The SMILES string of the molecule is COc1cc([C@H]2C(C#N)=C(N)OC3=C2C(=O)CC(C)(C)C3)ccc1OCC(=O)Nc1ccccc1C. The summed E-state index contributed by atoms with van der Waals surface area (Å²) in [4.78, 5) is 25.6. The van der Waals surface area contributed by atoms with E-state index in [0.29, 0.717) is 46.9 Å². The molecule has 8 nitrogen and oxygen atoms in total. The van der Waals surface area contributed by atoms with Gasteiger partial charge in [-0.2, -0.15) is 5.26 Å². The molecule has 0 saturated heterocycles. The summed E-state index contributed by atoms with van der Waals surface area (Å²) in [6.45, 7) is 5.68. The van der Waals surface area contributed by atoms with Gasteiger partial charge in [0.2, 0.25) is 5.88 Å². The van der Waals surface area contributed by atoms with Gasteiger partial charge >= 0.3 is 0 Å². The number of rotatable bonds is 6. The maximum atomic E-state index is 13.2. The van der Waals surface area contributed by atoms with E-state index in [1.165, 1.54) is 7.11 Å². The van der Waals surface area contributed by atoms with Gasteiger partial charge in [0.05, 0.1) is 13.0 Å². The average Bonchev–Trinajstić information content (AvgIpc) is 2.82. The van der Waals surface area contributed by atoms with Crippen molar-refractivity contribution in [1.82, 2.24) is 0 Å². The lowest BCUT2D eigenvalue weighted by Gasteiger charge is -2.37. The molecule has 3 N–H and O–H groups in total. The molecule has 2 aliphatic rings. The smallest absolute Gasteiger partial charge is 0.262 e. The number of carbonyl (C=O) groups is 2. The van der Waals surface area contributed by atoms with Crippen LogP contribution in [0.25, 0.3) is 0 Å². The number of nitrogens with one attached hydrogen (secondary N) is 1. The summed E-state index contributed by atoms with van der Waals surface area (Å²) in [7, 11) is 1.48. The van der Waals surface area contributed by atoms with Crippen LogP contribution >= 0.6 is 0 Å². The molecule has 2 aromatic rings. The van der Waals surface area contributed by atoms with Crippen LogP contribution in [0.1, 0.15) is 43.7 Å². The second kappa shape index (κ2) is 9.78. The highest BCUT2D eigenvalue weighted by molar-refractivity contribution is 6.00. The molecule has 1 aliphatic carbocycles. The van der Waals surface area contributed by atoms with Gasteiger partial charge in [-0.3, -0.25) is 9.59 Å². The number of Topliss-reactive ketones (excluding diaryl/α,β-unsaturated/α-hetero) is 1. The lowest BCUT2D eigenvalue weighted by Crippen LogP contribution is -2.33. The van der Waals surface area contributed by atoms with E-state index in [9.17, 15) is 14.9 Å². The number of nitriles is 1. The second-order valence-corrected chi connectivity index (χ2v) is 9.76. The Morgan fingerprint density at radius 3 is 2.67 bits per heavy atom. The number of methoxy groups -OCH3 is 1. The van der Waals surface area contributed by atoms with Crippen molar-refractivity contribution < 1.29 is 23.8 Å². The van der Waals surface area contributed by atoms with Gasteiger partial charge in [0, 0.05) is 24.1 Å². The van der Waals surface area contributed by atoms with Crippen molar-refractivity contribution in [1.29, 1.82) is 5.26 Å². The molecule has 1 amide bonds. The van der Waals surface area contributed by atoms with Crippen LogP contribution in [0, 0.1) is 23.7 Å². The molecule has 0 aromatic heterocycles. The highest BCUT2D eigenvalue weighted by atomic mass is 16.5. The number of aryl methyl sites for hydroxylation is 1. The number of hydrogen-bond acceptors (Lipinski definition) is 7. The monoisotopic (exact) mass is 487 g/mol. The van der Waals surface area contributed by atoms with Crippen LogP contribution in [0.5, 0.6) is 11.5 Å². The molecular formula is C28H29N3O5. The minimum atomic E-state index is -0.672. The predicted octanol–water partition coefficient (Wildman–Crippen LogP) is 4.47. The van der Waals surface area contributed by atoms with Gasteiger partial charge in [0.1, 0.15) is 17.4 Å². The molecule has 2 aromatic carbocycles. The van der Waals surface area contributed by atoms with Crippen molar-refractivity contribution in [2.75, 3.05) is 19.0 Å². The Kier molecular flexibility index (Phi) is 6.75. The van der Waals surface area contributed by atoms with Gasteiger partial charge in [0.25, 0.3) is 5.91 Å². The van der Waals surface area contributed by atoms with E-state index in [2.05, 4.69) is 11.4 Å². The largest absolute Gasteiger partial charge is 0.493 e. The molecular weight excluding hydrogens is 458 g/mol. The van der Waals surface area contributed by atoms with Gasteiger partial charge in [-0.1, -0.05) is 38.1 Å². The summed E-state index contributed by atoms with van der Waals surface area (Å²) in [5.41, 5.74) is 8.77. The molecule has 1 heterocycles. The van der Waals surface area contributed by atoms with E-state index in [1.54, 1.807) is 18.2 Å². The lowest BCUT2D eigenvalue weighted by atomic mass is 9.70. The first kappa shape index (κ1) is 24.9. The normalized spacial score (nSPS) is 18.6. The van der Waals surface area contributed by atoms with Gasteiger partial charge in [-0.15, -0.1) is 0 Å². The highest BCUT2D eigenvalue weighted by Crippen LogP contribution is 2.48. The van der Waals surface area contributed by atoms with Crippen LogP contribution < -0.4 is 20.5 Å². The van der Waals surface area contributed by atoms with Gasteiger partial charge < -0.3 is 25.3 Å². The predicted molar refractivity (Wildman–Crippen MR) is 134 cm³/mol. The number of ketones is 1. The Morgan fingerprint density at radius 2 is 1.97 bits per heavy atom. The first-order valence-electron chi connectivity index (χ1n) is 11.6. The third kappa shape index (κ3) is 4.91. The molecule has 0 fully saturated rings. The Bertz CT molecular complexity index is 1330. The molecule has 1 atom stereocenters. The fraction of sp³-hybridized carbons (Fsp3) is 0.321. The molecule has 8 heteroatoms. The van der Waals surface area contributed by atoms with Crippen molar-refractivity contribution in [2.24, 2.45) is 11.1 Å². The number of allylic oxidation sites excluding steroid dienone is 3. The number of amides is 1. The number of para-hydroxylation sites is 1. The van der Waals surface area contributed by atoms with E-state index in [0.717, 1.165) is 5.56 Å². The third-order valence-electron chi connectivity index (χ3n) is 6.37. The van der Waals surface area contributed by atoms with Gasteiger partial charge in [-0.05, 0) is 41.7 Å². The van der Waals surface area contributed by atoms with Crippen molar-refractivity contribution >= 4 is 17.4 Å². The standard InChI is InChI=1S/C28H29N3O5/c1-16-7-5-6-8-19(16)31-24(33)15-35-21-10-9-17(11-22(21)34-4)25-18(14-29)27(30)36-23-13-28(2,3)12-20(32)26(23)25/h5-11,25H,12-13,15,30H2,1-4H3,(H,31,33)/t25-/m0/s1. The topological polar surface area (TPSA) is 124 Å². The van der Waals surface area contributed by atoms with Gasteiger partial charge in [-0.25, -0.2) is 0 Å². The number of benzene rings is 2. The number of nitrogens with two attached hydrogens (primary N) is 1. The van der Waals surface area contributed by atoms with Crippen LogP contribution in [0.4, 0.5) is 5.69 Å². The van der Waals surface area contributed by atoms with E-state index >= 15 is 0 Å². The first-order chi connectivity index (χ1) is 17.1. The Balaban J connectivity index is 1.60. The van der Waals surface area contributed by atoms with E-state index < -0.39 is 5.92 Å². The molecule has 186 valence electrons. The van der Waals surface area contributed by atoms with Crippen molar-refractivity contribution in [3.8, 4) is 17.6 Å². The number of ether oxygens (including phenoxy) is 3. The summed E-state index contributed by atoms with van der Waals surface area (Å²) < 4.78 is 17.0. The van der Waals surface area contributed by atoms with E-state index in [1.807, 2.05) is 45.0 Å². The summed E-state index contributed by atoms with van der Waals surface area (Å²) in [6.07, 6.45) is 0.886. The molecule has 0 radical (unpaired) electrons. The lowest BCUT2D eigenvalue weighted by molar-refractivity contribution is -0.119. The zero-order chi connectivity index (χ0) is 26.0. The highest BCUT2D eigenvalue weighted by Gasteiger charge is 2.43. The minimum Gasteiger partial charge on any atom is -0.493 e. The zero-order valence-electron chi connectivity index (χ0n) is 20.8. The molecule has 1 aliphatic heterocycles. The molecule has 0 spiro atoms.